The maximum atomic E-state index is 12.1. The summed E-state index contributed by atoms with van der Waals surface area (Å²) in [6.07, 6.45) is 5.90. The first kappa shape index (κ1) is 13.1. The van der Waals surface area contributed by atoms with Crippen LogP contribution >= 0.6 is 0 Å². The SMILES string of the molecule is NCCc1nc2c([nH]1)c(=O)[nH]c(=O)n2C1CCCCC1. The Balaban J connectivity index is 2.18. The minimum absolute atomic E-state index is 0.129. The van der Waals surface area contributed by atoms with Crippen LogP contribution in [0, 0.1) is 0 Å². The number of aromatic amines is 2. The average molecular weight is 277 g/mol. The van der Waals surface area contributed by atoms with Crippen molar-refractivity contribution in [3.05, 3.63) is 26.7 Å². The summed E-state index contributed by atoms with van der Waals surface area (Å²) in [4.78, 5) is 33.8. The molecule has 7 nitrogen and oxygen atoms in total. The van der Waals surface area contributed by atoms with Crippen LogP contribution in [-0.2, 0) is 6.42 Å². The molecular weight excluding hydrogens is 258 g/mol. The van der Waals surface area contributed by atoms with Gasteiger partial charge >= 0.3 is 5.69 Å². The Bertz CT molecular complexity index is 720. The van der Waals surface area contributed by atoms with Crippen LogP contribution < -0.4 is 17.0 Å². The lowest BCUT2D eigenvalue weighted by Crippen LogP contribution is -2.33. The summed E-state index contributed by atoms with van der Waals surface area (Å²) in [5.41, 5.74) is 5.59. The second-order valence-electron chi connectivity index (χ2n) is 5.34. The Kier molecular flexibility index (Phi) is 3.43. The molecule has 1 aliphatic carbocycles. The fourth-order valence-electron chi connectivity index (χ4n) is 2.99. The molecule has 0 saturated heterocycles. The van der Waals surface area contributed by atoms with Crippen molar-refractivity contribution in [1.82, 2.24) is 19.5 Å². The average Bonchev–Trinajstić information content (AvgIpc) is 2.84. The van der Waals surface area contributed by atoms with Crippen molar-refractivity contribution in [2.45, 2.75) is 44.6 Å². The summed E-state index contributed by atoms with van der Waals surface area (Å²) >= 11 is 0. The van der Waals surface area contributed by atoms with Gasteiger partial charge in [-0.3, -0.25) is 14.3 Å². The highest BCUT2D eigenvalue weighted by atomic mass is 16.2. The third kappa shape index (κ3) is 2.18. The number of imidazole rings is 1. The first-order chi connectivity index (χ1) is 9.70. The third-order valence-corrected chi connectivity index (χ3v) is 3.95. The third-order valence-electron chi connectivity index (χ3n) is 3.95. The molecule has 0 bridgehead atoms. The lowest BCUT2D eigenvalue weighted by molar-refractivity contribution is 0.349. The minimum atomic E-state index is -0.409. The van der Waals surface area contributed by atoms with E-state index in [1.807, 2.05) is 0 Å². The van der Waals surface area contributed by atoms with Crippen LogP contribution in [0.25, 0.3) is 11.2 Å². The summed E-state index contributed by atoms with van der Waals surface area (Å²) in [7, 11) is 0. The Morgan fingerprint density at radius 1 is 1.20 bits per heavy atom. The topological polar surface area (TPSA) is 110 Å². The molecule has 7 heteroatoms. The highest BCUT2D eigenvalue weighted by Crippen LogP contribution is 2.28. The zero-order chi connectivity index (χ0) is 14.1. The largest absolute Gasteiger partial charge is 0.336 e. The quantitative estimate of drug-likeness (QED) is 0.755. The van der Waals surface area contributed by atoms with Gasteiger partial charge in [0.15, 0.2) is 5.65 Å². The first-order valence-corrected chi connectivity index (χ1v) is 7.14. The first-order valence-electron chi connectivity index (χ1n) is 7.14. The number of aromatic nitrogens is 4. The number of H-pyrrole nitrogens is 2. The van der Waals surface area contributed by atoms with Gasteiger partial charge in [-0.05, 0) is 19.4 Å². The second kappa shape index (κ2) is 5.24. The molecule has 0 amide bonds. The van der Waals surface area contributed by atoms with Crippen molar-refractivity contribution in [3.63, 3.8) is 0 Å². The predicted octanol–water partition coefficient (Wildman–Crippen LogP) is 0.419. The van der Waals surface area contributed by atoms with Crippen LogP contribution in [0.2, 0.25) is 0 Å². The molecule has 1 aliphatic rings. The fraction of sp³-hybridized carbons (Fsp3) is 0.615. The summed E-state index contributed by atoms with van der Waals surface area (Å²) < 4.78 is 1.65. The standard InChI is InChI=1S/C13H19N5O2/c14-7-6-9-15-10-11(16-9)18(13(20)17-12(10)19)8-4-2-1-3-5-8/h8H,1-7,14H2,(H,15,16)(H,17,19,20). The van der Waals surface area contributed by atoms with Crippen LogP contribution in [0.1, 0.15) is 44.0 Å². The molecule has 1 fully saturated rings. The van der Waals surface area contributed by atoms with E-state index in [4.69, 9.17) is 5.73 Å². The molecule has 2 aromatic rings. The number of hydrogen-bond donors (Lipinski definition) is 3. The fourth-order valence-corrected chi connectivity index (χ4v) is 2.99. The van der Waals surface area contributed by atoms with Gasteiger partial charge in [0.05, 0.1) is 0 Å². The Morgan fingerprint density at radius 3 is 2.65 bits per heavy atom. The molecule has 108 valence electrons. The lowest BCUT2D eigenvalue weighted by Gasteiger charge is -2.23. The zero-order valence-corrected chi connectivity index (χ0v) is 11.3. The summed E-state index contributed by atoms with van der Waals surface area (Å²) in [5, 5.41) is 0. The Hall–Kier alpha value is -1.89. The molecule has 0 aliphatic heterocycles. The Morgan fingerprint density at radius 2 is 1.95 bits per heavy atom. The van der Waals surface area contributed by atoms with Gasteiger partial charge in [-0.2, -0.15) is 0 Å². The molecule has 3 rings (SSSR count). The van der Waals surface area contributed by atoms with Gasteiger partial charge in [-0.25, -0.2) is 9.78 Å². The van der Waals surface area contributed by atoms with Crippen molar-refractivity contribution in [2.24, 2.45) is 5.73 Å². The van der Waals surface area contributed by atoms with Crippen molar-refractivity contribution in [3.8, 4) is 0 Å². The van der Waals surface area contributed by atoms with E-state index >= 15 is 0 Å². The molecule has 2 heterocycles. The maximum absolute atomic E-state index is 12.1. The second-order valence-corrected chi connectivity index (χ2v) is 5.34. The molecule has 0 spiro atoms. The molecule has 0 aromatic carbocycles. The summed E-state index contributed by atoms with van der Waals surface area (Å²) in [5.74, 6) is 0.656. The molecule has 4 N–H and O–H groups in total. The monoisotopic (exact) mass is 277 g/mol. The molecule has 1 saturated carbocycles. The molecule has 2 aromatic heterocycles. The maximum Gasteiger partial charge on any atom is 0.330 e. The van der Waals surface area contributed by atoms with Crippen molar-refractivity contribution in [2.75, 3.05) is 6.54 Å². The van der Waals surface area contributed by atoms with E-state index in [0.29, 0.717) is 30.0 Å². The van der Waals surface area contributed by atoms with E-state index in [2.05, 4.69) is 15.0 Å². The molecule has 0 unspecified atom stereocenters. The van der Waals surface area contributed by atoms with E-state index in [0.717, 1.165) is 25.7 Å². The van der Waals surface area contributed by atoms with E-state index in [9.17, 15) is 9.59 Å². The molecular formula is C13H19N5O2. The van der Waals surface area contributed by atoms with Crippen molar-refractivity contribution >= 4 is 11.2 Å². The highest BCUT2D eigenvalue weighted by molar-refractivity contribution is 5.69. The number of fused-ring (bicyclic) bond motifs is 1. The molecule has 0 radical (unpaired) electrons. The number of rotatable bonds is 3. The number of nitrogens with one attached hydrogen (secondary N) is 2. The summed E-state index contributed by atoms with van der Waals surface area (Å²) in [6, 6.07) is 0.129. The zero-order valence-electron chi connectivity index (χ0n) is 11.3. The van der Waals surface area contributed by atoms with Crippen LogP contribution in [0.5, 0.6) is 0 Å². The van der Waals surface area contributed by atoms with E-state index in [1.165, 1.54) is 6.42 Å². The van der Waals surface area contributed by atoms with E-state index in [-0.39, 0.29) is 11.7 Å². The van der Waals surface area contributed by atoms with E-state index < -0.39 is 5.56 Å². The highest BCUT2D eigenvalue weighted by Gasteiger charge is 2.21. The normalized spacial score (nSPS) is 16.9. The van der Waals surface area contributed by atoms with Crippen LogP contribution in [0.3, 0.4) is 0 Å². The van der Waals surface area contributed by atoms with E-state index in [1.54, 1.807) is 4.57 Å². The molecule has 0 atom stereocenters. The number of nitrogens with zero attached hydrogens (tertiary/aromatic N) is 2. The predicted molar refractivity (Wildman–Crippen MR) is 75.9 cm³/mol. The van der Waals surface area contributed by atoms with Crippen LogP contribution in [0.4, 0.5) is 0 Å². The van der Waals surface area contributed by atoms with Crippen LogP contribution in [-0.4, -0.2) is 26.1 Å². The molecule has 20 heavy (non-hydrogen) atoms. The van der Waals surface area contributed by atoms with Gasteiger partial charge in [0.1, 0.15) is 11.3 Å². The smallest absolute Gasteiger partial charge is 0.330 e. The van der Waals surface area contributed by atoms with Gasteiger partial charge in [-0.15, -0.1) is 0 Å². The summed E-state index contributed by atoms with van der Waals surface area (Å²) in [6.45, 7) is 0.450. The van der Waals surface area contributed by atoms with Gasteiger partial charge < -0.3 is 10.7 Å². The van der Waals surface area contributed by atoms with Gasteiger partial charge in [0.2, 0.25) is 0 Å². The number of hydrogen-bond acceptors (Lipinski definition) is 4. The Labute approximate surface area is 115 Å². The van der Waals surface area contributed by atoms with Gasteiger partial charge in [0, 0.05) is 12.5 Å². The van der Waals surface area contributed by atoms with Gasteiger partial charge in [0.25, 0.3) is 5.56 Å². The van der Waals surface area contributed by atoms with Crippen molar-refractivity contribution < 1.29 is 0 Å². The van der Waals surface area contributed by atoms with Crippen molar-refractivity contribution in [1.29, 1.82) is 0 Å². The van der Waals surface area contributed by atoms with Gasteiger partial charge in [-0.1, -0.05) is 19.3 Å². The minimum Gasteiger partial charge on any atom is -0.336 e. The van der Waals surface area contributed by atoms with Crippen LogP contribution in [0.15, 0.2) is 9.59 Å². The number of nitrogens with two attached hydrogens (primary N) is 1. The lowest BCUT2D eigenvalue weighted by atomic mass is 9.95.